The van der Waals surface area contributed by atoms with Gasteiger partial charge in [-0.2, -0.15) is 0 Å². The maximum absolute atomic E-state index is 10.8. The van der Waals surface area contributed by atoms with E-state index in [2.05, 4.69) is 6.92 Å². The third kappa shape index (κ3) is 3.52. The molecule has 2 N–H and O–H groups in total. The number of halogens is 2. The first kappa shape index (κ1) is 17.9. The average Bonchev–Trinajstić information content (AvgIpc) is 3.16. The highest BCUT2D eigenvalue weighted by atomic mass is 35.5. The van der Waals surface area contributed by atoms with Crippen LogP contribution in [0.25, 0.3) is 0 Å². The molecular weight excluding hydrogens is 345 g/mol. The Hall–Kier alpha value is -0.930. The zero-order chi connectivity index (χ0) is 17.3. The summed E-state index contributed by atoms with van der Waals surface area (Å²) in [5.74, 6) is 1.09. The lowest BCUT2D eigenvalue weighted by atomic mass is 9.74. The Labute approximate surface area is 153 Å². The Morgan fingerprint density at radius 3 is 2.67 bits per heavy atom. The maximum atomic E-state index is 10.8. The van der Waals surface area contributed by atoms with Gasteiger partial charge in [-0.15, -0.1) is 0 Å². The van der Waals surface area contributed by atoms with Gasteiger partial charge in [-0.3, -0.25) is 4.79 Å². The fourth-order valence-corrected chi connectivity index (χ4v) is 4.89. The zero-order valence-corrected chi connectivity index (χ0v) is 15.7. The number of primary amides is 1. The van der Waals surface area contributed by atoms with Crippen molar-refractivity contribution >= 4 is 29.1 Å². The van der Waals surface area contributed by atoms with Crippen molar-refractivity contribution in [2.75, 3.05) is 6.61 Å². The SMILES string of the molecule is CC1(C2CCCC2)Cc2cc(OCCCC(N)=O)c(Cl)c(Cl)c2C1. The van der Waals surface area contributed by atoms with E-state index in [9.17, 15) is 4.79 Å². The van der Waals surface area contributed by atoms with E-state index in [0.717, 1.165) is 18.8 Å². The van der Waals surface area contributed by atoms with Gasteiger partial charge in [0, 0.05) is 6.42 Å². The van der Waals surface area contributed by atoms with E-state index in [1.165, 1.54) is 36.8 Å². The number of hydrogen-bond donors (Lipinski definition) is 1. The summed E-state index contributed by atoms with van der Waals surface area (Å²) in [7, 11) is 0. The third-order valence-corrected chi connectivity index (χ3v) is 6.60. The van der Waals surface area contributed by atoms with Gasteiger partial charge in [0.05, 0.1) is 11.6 Å². The monoisotopic (exact) mass is 369 g/mol. The highest BCUT2D eigenvalue weighted by Crippen LogP contribution is 2.52. The van der Waals surface area contributed by atoms with Crippen LogP contribution < -0.4 is 10.5 Å². The van der Waals surface area contributed by atoms with Crippen molar-refractivity contribution in [1.82, 2.24) is 0 Å². The van der Waals surface area contributed by atoms with Crippen molar-refractivity contribution in [1.29, 1.82) is 0 Å². The van der Waals surface area contributed by atoms with E-state index in [1.54, 1.807) is 0 Å². The minimum atomic E-state index is -0.316. The highest BCUT2D eigenvalue weighted by molar-refractivity contribution is 6.43. The first-order valence-electron chi connectivity index (χ1n) is 8.81. The van der Waals surface area contributed by atoms with Crippen molar-refractivity contribution in [2.45, 2.75) is 58.3 Å². The standard InChI is InChI=1S/C19H25Cl2NO2/c1-19(13-5-2-3-6-13)10-12-9-15(24-8-4-7-16(22)23)18(21)17(20)14(12)11-19/h9,13H,2-8,10-11H2,1H3,(H2,22,23). The number of carbonyl (C=O) groups is 1. The molecule has 1 saturated carbocycles. The van der Waals surface area contributed by atoms with Crippen LogP contribution in [0.2, 0.25) is 10.0 Å². The summed E-state index contributed by atoms with van der Waals surface area (Å²) in [4.78, 5) is 10.8. The number of ether oxygens (including phenoxy) is 1. The van der Waals surface area contributed by atoms with Crippen LogP contribution in [0.5, 0.6) is 5.75 Å². The predicted molar refractivity (Wildman–Crippen MR) is 97.9 cm³/mol. The molecule has 1 aromatic rings. The summed E-state index contributed by atoms with van der Waals surface area (Å²) in [6.07, 6.45) is 8.29. The molecular formula is C19H25Cl2NO2. The first-order chi connectivity index (χ1) is 11.4. The van der Waals surface area contributed by atoms with Gasteiger partial charge in [0.1, 0.15) is 10.8 Å². The molecule has 0 aromatic heterocycles. The third-order valence-electron chi connectivity index (χ3n) is 5.71. The van der Waals surface area contributed by atoms with E-state index < -0.39 is 0 Å². The summed E-state index contributed by atoms with van der Waals surface area (Å²) in [5.41, 5.74) is 7.90. The minimum Gasteiger partial charge on any atom is -0.492 e. The summed E-state index contributed by atoms with van der Waals surface area (Å²) >= 11 is 13.0. The molecule has 2 aliphatic carbocycles. The highest BCUT2D eigenvalue weighted by Gasteiger charge is 2.42. The second kappa shape index (κ2) is 7.13. The minimum absolute atomic E-state index is 0.288. The fraction of sp³-hybridized carbons (Fsp3) is 0.632. The molecule has 132 valence electrons. The topological polar surface area (TPSA) is 52.3 Å². The summed E-state index contributed by atoms with van der Waals surface area (Å²) < 4.78 is 5.76. The Kier molecular flexibility index (Phi) is 5.31. The van der Waals surface area contributed by atoms with Crippen LogP contribution in [0.1, 0.15) is 56.6 Å². The normalized spacial score (nSPS) is 23.5. The second-order valence-electron chi connectivity index (χ2n) is 7.55. The molecule has 0 bridgehead atoms. The zero-order valence-electron chi connectivity index (χ0n) is 14.2. The number of benzene rings is 1. The summed E-state index contributed by atoms with van der Waals surface area (Å²) in [5, 5.41) is 1.13. The molecule has 5 heteroatoms. The van der Waals surface area contributed by atoms with Crippen molar-refractivity contribution in [3.63, 3.8) is 0 Å². The van der Waals surface area contributed by atoms with Gasteiger partial charge in [-0.25, -0.2) is 0 Å². The van der Waals surface area contributed by atoms with Crippen LogP contribution in [0, 0.1) is 11.3 Å². The molecule has 1 amide bonds. The van der Waals surface area contributed by atoms with E-state index >= 15 is 0 Å². The lowest BCUT2D eigenvalue weighted by Crippen LogP contribution is -2.26. The van der Waals surface area contributed by atoms with Crippen molar-refractivity contribution in [3.05, 3.63) is 27.2 Å². The van der Waals surface area contributed by atoms with Crippen LogP contribution in [0.4, 0.5) is 0 Å². The number of nitrogens with two attached hydrogens (primary N) is 1. The van der Waals surface area contributed by atoms with Crippen molar-refractivity contribution in [2.24, 2.45) is 17.1 Å². The molecule has 0 heterocycles. The molecule has 1 atom stereocenters. The van der Waals surface area contributed by atoms with E-state index in [4.69, 9.17) is 33.7 Å². The fourth-order valence-electron chi connectivity index (χ4n) is 4.39. The van der Waals surface area contributed by atoms with Crippen molar-refractivity contribution < 1.29 is 9.53 Å². The first-order valence-corrected chi connectivity index (χ1v) is 9.57. The van der Waals surface area contributed by atoms with Gasteiger partial charge in [0.15, 0.2) is 0 Å². The van der Waals surface area contributed by atoms with Crippen LogP contribution in [-0.2, 0) is 17.6 Å². The van der Waals surface area contributed by atoms with Gasteiger partial charge < -0.3 is 10.5 Å². The number of amides is 1. The Morgan fingerprint density at radius 2 is 2.00 bits per heavy atom. The Balaban J connectivity index is 1.75. The average molecular weight is 370 g/mol. The van der Waals surface area contributed by atoms with Gasteiger partial charge >= 0.3 is 0 Å². The van der Waals surface area contributed by atoms with Crippen LogP contribution >= 0.6 is 23.2 Å². The molecule has 0 spiro atoms. The molecule has 0 radical (unpaired) electrons. The quantitative estimate of drug-likeness (QED) is 0.722. The molecule has 1 fully saturated rings. The maximum Gasteiger partial charge on any atom is 0.217 e. The second-order valence-corrected chi connectivity index (χ2v) is 8.30. The largest absolute Gasteiger partial charge is 0.492 e. The molecule has 0 saturated heterocycles. The van der Waals surface area contributed by atoms with Crippen molar-refractivity contribution in [3.8, 4) is 5.75 Å². The molecule has 1 unspecified atom stereocenters. The predicted octanol–water partition coefficient (Wildman–Crippen LogP) is 4.93. The summed E-state index contributed by atoms with van der Waals surface area (Å²) in [6, 6.07) is 2.05. The van der Waals surface area contributed by atoms with E-state index in [1.807, 2.05) is 6.07 Å². The van der Waals surface area contributed by atoms with Gasteiger partial charge in [-0.1, -0.05) is 43.0 Å². The van der Waals surface area contributed by atoms with E-state index in [-0.39, 0.29) is 11.3 Å². The van der Waals surface area contributed by atoms with Crippen LogP contribution in [0.15, 0.2) is 6.07 Å². The molecule has 24 heavy (non-hydrogen) atoms. The van der Waals surface area contributed by atoms with Crippen LogP contribution in [-0.4, -0.2) is 12.5 Å². The van der Waals surface area contributed by atoms with Crippen LogP contribution in [0.3, 0.4) is 0 Å². The number of rotatable bonds is 6. The lowest BCUT2D eigenvalue weighted by molar-refractivity contribution is -0.118. The number of fused-ring (bicyclic) bond motifs is 1. The Bertz CT molecular complexity index is 641. The smallest absolute Gasteiger partial charge is 0.217 e. The molecule has 1 aromatic carbocycles. The van der Waals surface area contributed by atoms with Gasteiger partial charge in [0.2, 0.25) is 5.91 Å². The Morgan fingerprint density at radius 1 is 1.29 bits per heavy atom. The number of hydrogen-bond acceptors (Lipinski definition) is 2. The molecule has 2 aliphatic rings. The molecule has 0 aliphatic heterocycles. The molecule has 3 rings (SSSR count). The molecule has 3 nitrogen and oxygen atoms in total. The summed E-state index contributed by atoms with van der Waals surface area (Å²) in [6.45, 7) is 2.80. The van der Waals surface area contributed by atoms with Gasteiger partial charge in [-0.05, 0) is 60.6 Å². The van der Waals surface area contributed by atoms with E-state index in [0.29, 0.717) is 35.2 Å². The number of carbonyl (C=O) groups excluding carboxylic acids is 1. The van der Waals surface area contributed by atoms with Gasteiger partial charge in [0.25, 0.3) is 0 Å². The lowest BCUT2D eigenvalue weighted by Gasteiger charge is -2.31.